The van der Waals surface area contributed by atoms with E-state index >= 15 is 0 Å². The normalized spacial score (nSPS) is 10.2. The highest BCUT2D eigenvalue weighted by molar-refractivity contribution is 6.09. The molecule has 0 bridgehead atoms. The second-order valence-corrected chi connectivity index (χ2v) is 4.72. The van der Waals surface area contributed by atoms with Crippen LogP contribution in [0.3, 0.4) is 0 Å². The lowest BCUT2D eigenvalue weighted by molar-refractivity contribution is -0.383. The Labute approximate surface area is 121 Å². The minimum absolute atomic E-state index is 0.0897. The average molecular weight is 285 g/mol. The molecule has 2 aromatic rings. The van der Waals surface area contributed by atoms with Crippen LogP contribution in [-0.4, -0.2) is 10.8 Å². The molecule has 1 amide bonds. The number of nitrogens with two attached hydrogens (primary N) is 1. The molecule has 21 heavy (non-hydrogen) atoms. The predicted molar refractivity (Wildman–Crippen MR) is 81.4 cm³/mol. The molecule has 0 aliphatic carbocycles. The molecule has 0 spiro atoms. The Hall–Kier alpha value is -2.89. The molecule has 108 valence electrons. The molecule has 2 aromatic carbocycles. The second kappa shape index (κ2) is 5.62. The maximum Gasteiger partial charge on any atom is 0.292 e. The molecular weight excluding hydrogens is 270 g/mol. The summed E-state index contributed by atoms with van der Waals surface area (Å²) in [4.78, 5) is 22.6. The van der Waals surface area contributed by atoms with Crippen LogP contribution < -0.4 is 11.1 Å². The van der Waals surface area contributed by atoms with Gasteiger partial charge in [0.05, 0.1) is 10.5 Å². The smallest absolute Gasteiger partial charge is 0.292 e. The van der Waals surface area contributed by atoms with E-state index in [4.69, 9.17) is 5.73 Å². The fraction of sp³-hybridized carbons (Fsp3) is 0.133. The molecule has 0 unspecified atom stereocenters. The molecular formula is C15H15N3O3. The van der Waals surface area contributed by atoms with Crippen LogP contribution in [-0.2, 0) is 0 Å². The van der Waals surface area contributed by atoms with Gasteiger partial charge in [-0.05, 0) is 31.0 Å². The van der Waals surface area contributed by atoms with Gasteiger partial charge < -0.3 is 11.1 Å². The van der Waals surface area contributed by atoms with Gasteiger partial charge in [0.1, 0.15) is 5.69 Å². The van der Waals surface area contributed by atoms with Gasteiger partial charge in [0.2, 0.25) is 0 Å². The molecule has 0 saturated carbocycles. The van der Waals surface area contributed by atoms with E-state index in [1.807, 2.05) is 32.0 Å². The SMILES string of the molecule is Cc1cccc(C)c1NC(=O)c1cccc([N+](=O)[O-])c1N. The summed E-state index contributed by atoms with van der Waals surface area (Å²) in [5.74, 6) is -0.464. The monoisotopic (exact) mass is 285 g/mol. The predicted octanol–water partition coefficient (Wildman–Crippen LogP) is 3.05. The summed E-state index contributed by atoms with van der Waals surface area (Å²) in [6.45, 7) is 3.75. The summed E-state index contributed by atoms with van der Waals surface area (Å²) in [6, 6.07) is 9.81. The van der Waals surface area contributed by atoms with Crippen LogP contribution in [0.4, 0.5) is 17.1 Å². The molecule has 6 heteroatoms. The summed E-state index contributed by atoms with van der Waals surface area (Å²) in [5, 5.41) is 13.6. The quantitative estimate of drug-likeness (QED) is 0.514. The molecule has 0 aromatic heterocycles. The van der Waals surface area contributed by atoms with Crippen molar-refractivity contribution in [3.8, 4) is 0 Å². The number of carbonyl (C=O) groups excluding carboxylic acids is 1. The van der Waals surface area contributed by atoms with E-state index in [0.29, 0.717) is 5.69 Å². The zero-order valence-electron chi connectivity index (χ0n) is 11.7. The van der Waals surface area contributed by atoms with E-state index in [0.717, 1.165) is 11.1 Å². The van der Waals surface area contributed by atoms with Crippen molar-refractivity contribution in [3.63, 3.8) is 0 Å². The van der Waals surface area contributed by atoms with Crippen LogP contribution in [0.2, 0.25) is 0 Å². The highest BCUT2D eigenvalue weighted by Crippen LogP contribution is 2.26. The van der Waals surface area contributed by atoms with Gasteiger partial charge in [-0.3, -0.25) is 14.9 Å². The third-order valence-corrected chi connectivity index (χ3v) is 3.24. The summed E-state index contributed by atoms with van der Waals surface area (Å²) in [5.41, 5.74) is 7.90. The number of aryl methyl sites for hydroxylation is 2. The zero-order chi connectivity index (χ0) is 15.6. The Morgan fingerprint density at radius 3 is 2.29 bits per heavy atom. The Morgan fingerprint density at radius 1 is 1.14 bits per heavy atom. The number of amides is 1. The number of anilines is 2. The first-order valence-electron chi connectivity index (χ1n) is 6.32. The molecule has 0 aliphatic heterocycles. The number of nitro benzene ring substituents is 1. The van der Waals surface area contributed by atoms with Crippen molar-refractivity contribution in [3.05, 3.63) is 63.2 Å². The largest absolute Gasteiger partial charge is 0.393 e. The minimum atomic E-state index is -0.606. The van der Waals surface area contributed by atoms with Crippen molar-refractivity contribution < 1.29 is 9.72 Å². The highest BCUT2D eigenvalue weighted by atomic mass is 16.6. The molecule has 0 heterocycles. The molecule has 0 atom stereocenters. The van der Waals surface area contributed by atoms with Gasteiger partial charge in [0, 0.05) is 11.8 Å². The first kappa shape index (κ1) is 14.5. The van der Waals surface area contributed by atoms with Gasteiger partial charge >= 0.3 is 0 Å². The summed E-state index contributed by atoms with van der Waals surface area (Å²) in [7, 11) is 0. The lowest BCUT2D eigenvalue weighted by Crippen LogP contribution is -2.16. The Morgan fingerprint density at radius 2 is 1.71 bits per heavy atom. The number of nitrogens with one attached hydrogen (secondary N) is 1. The van der Waals surface area contributed by atoms with E-state index in [9.17, 15) is 14.9 Å². The van der Waals surface area contributed by atoms with Gasteiger partial charge in [0.15, 0.2) is 0 Å². The number of nitrogen functional groups attached to an aromatic ring is 1. The minimum Gasteiger partial charge on any atom is -0.393 e. The number of para-hydroxylation sites is 2. The fourth-order valence-corrected chi connectivity index (χ4v) is 2.10. The van der Waals surface area contributed by atoms with Crippen molar-refractivity contribution in [2.75, 3.05) is 11.1 Å². The standard InChI is InChI=1S/C15H15N3O3/c1-9-5-3-6-10(2)14(9)17-15(19)11-7-4-8-12(13(11)16)18(20)21/h3-8H,16H2,1-2H3,(H,17,19). The van der Waals surface area contributed by atoms with Crippen LogP contribution in [0.15, 0.2) is 36.4 Å². The Kier molecular flexibility index (Phi) is 3.89. The maximum absolute atomic E-state index is 12.3. The summed E-state index contributed by atoms with van der Waals surface area (Å²) < 4.78 is 0. The van der Waals surface area contributed by atoms with Crippen molar-refractivity contribution in [2.45, 2.75) is 13.8 Å². The fourth-order valence-electron chi connectivity index (χ4n) is 2.10. The number of rotatable bonds is 3. The van der Waals surface area contributed by atoms with Gasteiger partial charge in [0.25, 0.3) is 11.6 Å². The molecule has 0 saturated heterocycles. The molecule has 6 nitrogen and oxygen atoms in total. The molecule has 2 rings (SSSR count). The number of benzene rings is 2. The number of nitrogens with zero attached hydrogens (tertiary/aromatic N) is 1. The lowest BCUT2D eigenvalue weighted by Gasteiger charge is -2.12. The number of nitro groups is 1. The zero-order valence-corrected chi connectivity index (χ0v) is 11.7. The maximum atomic E-state index is 12.3. The van der Waals surface area contributed by atoms with Crippen LogP contribution in [0.25, 0.3) is 0 Å². The topological polar surface area (TPSA) is 98.3 Å². The van der Waals surface area contributed by atoms with Crippen LogP contribution in [0.5, 0.6) is 0 Å². The molecule has 0 fully saturated rings. The lowest BCUT2D eigenvalue weighted by atomic mass is 10.1. The van der Waals surface area contributed by atoms with Crippen molar-refractivity contribution in [2.24, 2.45) is 0 Å². The van der Waals surface area contributed by atoms with E-state index in [1.165, 1.54) is 18.2 Å². The van der Waals surface area contributed by atoms with Crippen molar-refractivity contribution in [1.82, 2.24) is 0 Å². The van der Waals surface area contributed by atoms with Crippen molar-refractivity contribution >= 4 is 23.0 Å². The van der Waals surface area contributed by atoms with Gasteiger partial charge in [-0.1, -0.05) is 24.3 Å². The van der Waals surface area contributed by atoms with Crippen LogP contribution in [0, 0.1) is 24.0 Å². The second-order valence-electron chi connectivity index (χ2n) is 4.72. The molecule has 0 radical (unpaired) electrons. The van der Waals surface area contributed by atoms with E-state index in [2.05, 4.69) is 5.32 Å². The van der Waals surface area contributed by atoms with Crippen molar-refractivity contribution in [1.29, 1.82) is 0 Å². The summed E-state index contributed by atoms with van der Waals surface area (Å²) >= 11 is 0. The molecule has 3 N–H and O–H groups in total. The van der Waals surface area contributed by atoms with Crippen LogP contribution in [0.1, 0.15) is 21.5 Å². The Bertz CT molecular complexity index is 706. The highest BCUT2D eigenvalue weighted by Gasteiger charge is 2.19. The number of carbonyl (C=O) groups is 1. The number of hydrogen-bond donors (Lipinski definition) is 2. The first-order valence-corrected chi connectivity index (χ1v) is 6.32. The summed E-state index contributed by atoms with van der Waals surface area (Å²) in [6.07, 6.45) is 0. The van der Waals surface area contributed by atoms with E-state index < -0.39 is 10.8 Å². The third kappa shape index (κ3) is 2.84. The van der Waals surface area contributed by atoms with Gasteiger partial charge in [-0.25, -0.2) is 0 Å². The van der Waals surface area contributed by atoms with E-state index in [1.54, 1.807) is 0 Å². The third-order valence-electron chi connectivity index (χ3n) is 3.24. The van der Waals surface area contributed by atoms with E-state index in [-0.39, 0.29) is 16.9 Å². The number of hydrogen-bond acceptors (Lipinski definition) is 4. The Balaban J connectivity index is 2.38. The van der Waals surface area contributed by atoms with Crippen LogP contribution >= 0.6 is 0 Å². The molecule has 0 aliphatic rings. The van der Waals surface area contributed by atoms with Gasteiger partial charge in [-0.2, -0.15) is 0 Å². The van der Waals surface area contributed by atoms with Gasteiger partial charge in [-0.15, -0.1) is 0 Å². The first-order chi connectivity index (χ1) is 9.91. The average Bonchev–Trinajstić information content (AvgIpc) is 2.42.